The Morgan fingerprint density at radius 2 is 1.91 bits per heavy atom. The second-order valence-electron chi connectivity index (χ2n) is 8.75. The van der Waals surface area contributed by atoms with Crippen molar-refractivity contribution in [3.05, 3.63) is 46.9 Å². The molecule has 0 unspecified atom stereocenters. The normalized spacial score (nSPS) is 18.9. The lowest BCUT2D eigenvalue weighted by molar-refractivity contribution is 0.0515. The number of piperidine rings is 1. The van der Waals surface area contributed by atoms with E-state index in [1.54, 1.807) is 6.07 Å². The van der Waals surface area contributed by atoms with Gasteiger partial charge in [0.15, 0.2) is 5.11 Å². The highest BCUT2D eigenvalue weighted by molar-refractivity contribution is 7.80. The SMILES string of the molecule is CC1CCN(c2cc(Cl)nc(NC(=S)NCC3(c4ccc(F)cc4)CCOCC3)n2)CC1. The van der Waals surface area contributed by atoms with Crippen molar-refractivity contribution in [2.24, 2.45) is 5.92 Å². The molecule has 0 bridgehead atoms. The van der Waals surface area contributed by atoms with Crippen molar-refractivity contribution in [2.75, 3.05) is 43.1 Å². The summed E-state index contributed by atoms with van der Waals surface area (Å²) in [7, 11) is 0. The zero-order valence-electron chi connectivity index (χ0n) is 18.2. The van der Waals surface area contributed by atoms with Gasteiger partial charge in [0.25, 0.3) is 0 Å². The second-order valence-corrected chi connectivity index (χ2v) is 9.54. The molecule has 0 atom stereocenters. The fraction of sp³-hybridized carbons (Fsp3) is 0.522. The van der Waals surface area contributed by atoms with Gasteiger partial charge in [0.05, 0.1) is 0 Å². The first kappa shape index (κ1) is 23.1. The number of thiocarbonyl (C=S) groups is 1. The van der Waals surface area contributed by atoms with Crippen LogP contribution >= 0.6 is 23.8 Å². The van der Waals surface area contributed by atoms with E-state index >= 15 is 0 Å². The molecule has 2 fully saturated rings. The first-order chi connectivity index (χ1) is 15.4. The van der Waals surface area contributed by atoms with Crippen molar-refractivity contribution in [1.82, 2.24) is 15.3 Å². The Morgan fingerprint density at radius 1 is 1.22 bits per heavy atom. The van der Waals surface area contributed by atoms with Crippen LogP contribution in [0.25, 0.3) is 0 Å². The summed E-state index contributed by atoms with van der Waals surface area (Å²) >= 11 is 11.8. The highest BCUT2D eigenvalue weighted by Gasteiger charge is 2.34. The molecule has 0 spiro atoms. The number of benzene rings is 1. The van der Waals surface area contributed by atoms with E-state index in [0.717, 1.165) is 56.1 Å². The lowest BCUT2D eigenvalue weighted by Crippen LogP contribution is -2.45. The largest absolute Gasteiger partial charge is 0.381 e. The van der Waals surface area contributed by atoms with Crippen molar-refractivity contribution in [2.45, 2.75) is 38.0 Å². The van der Waals surface area contributed by atoms with Crippen LogP contribution in [0.2, 0.25) is 5.15 Å². The maximum atomic E-state index is 13.5. The zero-order valence-corrected chi connectivity index (χ0v) is 19.8. The van der Waals surface area contributed by atoms with Gasteiger partial charge in [0.2, 0.25) is 5.95 Å². The number of rotatable bonds is 5. The second kappa shape index (κ2) is 10.3. The molecular weight excluding hydrogens is 449 g/mol. The van der Waals surface area contributed by atoms with Gasteiger partial charge in [-0.1, -0.05) is 30.7 Å². The number of nitrogens with one attached hydrogen (secondary N) is 2. The molecule has 2 saturated heterocycles. The average molecular weight is 478 g/mol. The van der Waals surface area contributed by atoms with E-state index < -0.39 is 0 Å². The van der Waals surface area contributed by atoms with E-state index in [0.29, 0.717) is 36.0 Å². The summed E-state index contributed by atoms with van der Waals surface area (Å²) in [5, 5.41) is 7.21. The topological polar surface area (TPSA) is 62.3 Å². The smallest absolute Gasteiger partial charge is 0.232 e. The maximum absolute atomic E-state index is 13.5. The van der Waals surface area contributed by atoms with Crippen LogP contribution in [-0.2, 0) is 10.2 Å². The molecule has 3 heterocycles. The third-order valence-electron chi connectivity index (χ3n) is 6.51. The van der Waals surface area contributed by atoms with E-state index in [4.69, 9.17) is 28.6 Å². The van der Waals surface area contributed by atoms with E-state index in [9.17, 15) is 4.39 Å². The number of aromatic nitrogens is 2. The summed E-state index contributed by atoms with van der Waals surface area (Å²) in [6.07, 6.45) is 3.94. The number of hydrogen-bond donors (Lipinski definition) is 2. The summed E-state index contributed by atoms with van der Waals surface area (Å²) in [5.74, 6) is 1.69. The number of nitrogens with zero attached hydrogens (tertiary/aromatic N) is 3. The lowest BCUT2D eigenvalue weighted by Gasteiger charge is -2.38. The minimum atomic E-state index is -0.238. The third-order valence-corrected chi connectivity index (χ3v) is 6.95. The van der Waals surface area contributed by atoms with Crippen molar-refractivity contribution < 1.29 is 9.13 Å². The Hall–Kier alpha value is -2.03. The van der Waals surface area contributed by atoms with Crippen molar-refractivity contribution >= 4 is 40.7 Å². The Morgan fingerprint density at radius 3 is 2.59 bits per heavy atom. The summed E-state index contributed by atoms with van der Waals surface area (Å²) in [5.41, 5.74) is 0.904. The highest BCUT2D eigenvalue weighted by Crippen LogP contribution is 2.34. The van der Waals surface area contributed by atoms with Crippen LogP contribution in [0.3, 0.4) is 0 Å². The Balaban J connectivity index is 1.42. The minimum absolute atomic E-state index is 0.178. The van der Waals surface area contributed by atoms with Gasteiger partial charge in [0, 0.05) is 44.3 Å². The lowest BCUT2D eigenvalue weighted by atomic mass is 9.74. The van der Waals surface area contributed by atoms with Gasteiger partial charge in [-0.25, -0.2) is 9.37 Å². The highest BCUT2D eigenvalue weighted by atomic mass is 35.5. The van der Waals surface area contributed by atoms with E-state index in [2.05, 4.69) is 32.4 Å². The van der Waals surface area contributed by atoms with Crippen LogP contribution in [0.15, 0.2) is 30.3 Å². The molecule has 9 heteroatoms. The number of hydrogen-bond acceptors (Lipinski definition) is 5. The van der Waals surface area contributed by atoms with Crippen molar-refractivity contribution in [3.8, 4) is 0 Å². The van der Waals surface area contributed by atoms with Gasteiger partial charge in [-0.2, -0.15) is 4.98 Å². The van der Waals surface area contributed by atoms with Gasteiger partial charge in [-0.3, -0.25) is 0 Å². The molecular formula is C23H29ClFN5OS. The molecule has 32 heavy (non-hydrogen) atoms. The van der Waals surface area contributed by atoms with Gasteiger partial charge in [0.1, 0.15) is 16.8 Å². The first-order valence-electron chi connectivity index (χ1n) is 11.1. The average Bonchev–Trinajstić information content (AvgIpc) is 2.79. The Kier molecular flexibility index (Phi) is 7.43. The monoisotopic (exact) mass is 477 g/mol. The molecule has 2 N–H and O–H groups in total. The van der Waals surface area contributed by atoms with Crippen LogP contribution in [-0.4, -0.2) is 47.9 Å². The molecule has 0 amide bonds. The number of anilines is 2. The quantitative estimate of drug-likeness (QED) is 0.484. The van der Waals surface area contributed by atoms with Crippen LogP contribution in [0.5, 0.6) is 0 Å². The van der Waals surface area contributed by atoms with Crippen LogP contribution < -0.4 is 15.5 Å². The summed E-state index contributed by atoms with van der Waals surface area (Å²) < 4.78 is 19.0. The maximum Gasteiger partial charge on any atom is 0.232 e. The molecule has 0 aliphatic carbocycles. The van der Waals surface area contributed by atoms with E-state index in [-0.39, 0.29) is 11.2 Å². The molecule has 4 rings (SSSR count). The van der Waals surface area contributed by atoms with Crippen molar-refractivity contribution in [1.29, 1.82) is 0 Å². The predicted octanol–water partition coefficient (Wildman–Crippen LogP) is 4.54. The Labute approximate surface area is 198 Å². The number of ether oxygens (including phenoxy) is 1. The van der Waals surface area contributed by atoms with Gasteiger partial charge < -0.3 is 20.3 Å². The third kappa shape index (κ3) is 5.66. The minimum Gasteiger partial charge on any atom is -0.381 e. The van der Waals surface area contributed by atoms with Crippen LogP contribution in [0.4, 0.5) is 16.2 Å². The van der Waals surface area contributed by atoms with Gasteiger partial charge in [-0.05, 0) is 61.5 Å². The molecule has 2 aliphatic rings. The number of halogens is 2. The molecule has 0 saturated carbocycles. The fourth-order valence-corrected chi connectivity index (χ4v) is 4.73. The van der Waals surface area contributed by atoms with Gasteiger partial charge in [-0.15, -0.1) is 0 Å². The molecule has 2 aliphatic heterocycles. The molecule has 172 valence electrons. The molecule has 6 nitrogen and oxygen atoms in total. The first-order valence-corrected chi connectivity index (χ1v) is 11.9. The predicted molar refractivity (Wildman–Crippen MR) is 130 cm³/mol. The summed E-state index contributed by atoms with van der Waals surface area (Å²) in [4.78, 5) is 11.2. The fourth-order valence-electron chi connectivity index (χ4n) is 4.39. The summed E-state index contributed by atoms with van der Waals surface area (Å²) in [6, 6.07) is 8.51. The van der Waals surface area contributed by atoms with Crippen molar-refractivity contribution in [3.63, 3.8) is 0 Å². The van der Waals surface area contributed by atoms with Crippen LogP contribution in [0.1, 0.15) is 38.2 Å². The molecule has 1 aromatic heterocycles. The summed E-state index contributed by atoms with van der Waals surface area (Å²) in [6.45, 7) is 6.12. The molecule has 0 radical (unpaired) electrons. The zero-order chi connectivity index (χ0) is 22.6. The van der Waals surface area contributed by atoms with Crippen LogP contribution in [0, 0.1) is 11.7 Å². The van der Waals surface area contributed by atoms with E-state index in [1.807, 2.05) is 12.1 Å². The van der Waals surface area contributed by atoms with E-state index in [1.165, 1.54) is 12.1 Å². The van der Waals surface area contributed by atoms with Gasteiger partial charge >= 0.3 is 0 Å². The Bertz CT molecular complexity index is 930. The molecule has 1 aromatic carbocycles. The molecule has 2 aromatic rings. The standard InChI is InChI=1S/C23H29ClFN5OS/c1-16-6-10-30(11-7-16)20-14-19(24)27-21(28-20)29-22(32)26-15-23(8-12-31-13-9-23)17-2-4-18(25)5-3-17/h2-5,14,16H,6-13,15H2,1H3,(H2,26,27,28,29,32).